The predicted molar refractivity (Wildman–Crippen MR) is 50.5 cm³/mol. The average Bonchev–Trinajstić information content (AvgIpc) is 2.00. The molecule has 0 aliphatic carbocycles. The van der Waals surface area contributed by atoms with Gasteiger partial charge in [-0.1, -0.05) is 19.9 Å². The average molecular weight is 165 g/mol. The lowest BCUT2D eigenvalue weighted by Crippen LogP contribution is -2.19. The van der Waals surface area contributed by atoms with Crippen molar-refractivity contribution in [3.8, 4) is 0 Å². The fraction of sp³-hybridized carbons (Fsp3) is 0.500. The van der Waals surface area contributed by atoms with E-state index in [1.165, 1.54) is 5.56 Å². The third kappa shape index (κ3) is 1.42. The first kappa shape index (κ1) is 9.04. The van der Waals surface area contributed by atoms with Crippen LogP contribution in [0.4, 0.5) is 0 Å². The van der Waals surface area contributed by atoms with Crippen molar-refractivity contribution in [3.63, 3.8) is 0 Å². The lowest BCUT2D eigenvalue weighted by molar-refractivity contribution is 0.759. The summed E-state index contributed by atoms with van der Waals surface area (Å²) in [6.07, 6.45) is 0. The first-order valence-electron chi connectivity index (χ1n) is 4.20. The van der Waals surface area contributed by atoms with Gasteiger partial charge >= 0.3 is 0 Å². The van der Waals surface area contributed by atoms with Crippen LogP contribution in [0.25, 0.3) is 0 Å². The molecule has 1 aromatic rings. The fourth-order valence-corrected chi connectivity index (χ4v) is 1.36. The molecule has 0 radical (unpaired) electrons. The maximum atomic E-state index is 11.2. The largest absolute Gasteiger partial charge is 0.316 e. The van der Waals surface area contributed by atoms with Gasteiger partial charge in [-0.05, 0) is 18.4 Å². The molecular formula is C10H15NO. The van der Waals surface area contributed by atoms with Crippen LogP contribution in [-0.2, 0) is 7.05 Å². The fourth-order valence-electron chi connectivity index (χ4n) is 1.36. The number of pyridine rings is 1. The lowest BCUT2D eigenvalue weighted by Gasteiger charge is -2.12. The molecule has 1 aromatic heterocycles. The maximum absolute atomic E-state index is 11.2. The molecule has 1 rings (SSSR count). The minimum absolute atomic E-state index is 0.0666. The minimum atomic E-state index is 0.0666. The first-order valence-corrected chi connectivity index (χ1v) is 4.20. The Morgan fingerprint density at radius 1 is 1.33 bits per heavy atom. The zero-order chi connectivity index (χ0) is 9.30. The van der Waals surface area contributed by atoms with Gasteiger partial charge in [-0.25, -0.2) is 0 Å². The predicted octanol–water partition coefficient (Wildman–Crippen LogP) is 1.82. The van der Waals surface area contributed by atoms with Gasteiger partial charge in [-0.3, -0.25) is 4.79 Å². The van der Waals surface area contributed by atoms with Crippen molar-refractivity contribution in [2.24, 2.45) is 7.05 Å². The normalized spacial score (nSPS) is 10.8. The minimum Gasteiger partial charge on any atom is -0.316 e. The van der Waals surface area contributed by atoms with E-state index in [9.17, 15) is 4.79 Å². The van der Waals surface area contributed by atoms with Crippen LogP contribution in [-0.4, -0.2) is 4.57 Å². The smallest absolute Gasteiger partial charge is 0.250 e. The molecule has 0 amide bonds. The summed E-state index contributed by atoms with van der Waals surface area (Å²) in [7, 11) is 1.81. The van der Waals surface area contributed by atoms with Crippen LogP contribution < -0.4 is 5.56 Å². The number of rotatable bonds is 1. The third-order valence-corrected chi connectivity index (χ3v) is 2.28. The zero-order valence-corrected chi connectivity index (χ0v) is 8.09. The molecule has 0 unspecified atom stereocenters. The number of hydrogen-bond acceptors (Lipinski definition) is 1. The highest BCUT2D eigenvalue weighted by molar-refractivity contribution is 5.22. The molecule has 0 spiro atoms. The molecule has 2 nitrogen and oxygen atoms in total. The van der Waals surface area contributed by atoms with Crippen LogP contribution in [0.3, 0.4) is 0 Å². The second kappa shape index (κ2) is 3.13. The van der Waals surface area contributed by atoms with Gasteiger partial charge in [0.25, 0.3) is 0 Å². The van der Waals surface area contributed by atoms with Gasteiger partial charge in [0.15, 0.2) is 0 Å². The third-order valence-electron chi connectivity index (χ3n) is 2.28. The van der Waals surface area contributed by atoms with Gasteiger partial charge in [0.2, 0.25) is 5.56 Å². The van der Waals surface area contributed by atoms with Crippen molar-refractivity contribution in [1.29, 1.82) is 0 Å². The van der Waals surface area contributed by atoms with E-state index in [1.807, 2.05) is 20.0 Å². The Bertz CT molecular complexity index is 336. The summed E-state index contributed by atoms with van der Waals surface area (Å²) in [6.45, 7) is 6.25. The summed E-state index contributed by atoms with van der Waals surface area (Å²) < 4.78 is 1.69. The second-order valence-corrected chi connectivity index (χ2v) is 3.43. The first-order chi connectivity index (χ1) is 5.54. The van der Waals surface area contributed by atoms with Crippen molar-refractivity contribution in [2.75, 3.05) is 0 Å². The van der Waals surface area contributed by atoms with E-state index in [-0.39, 0.29) is 5.56 Å². The van der Waals surface area contributed by atoms with E-state index in [0.717, 1.165) is 5.69 Å². The van der Waals surface area contributed by atoms with Gasteiger partial charge in [0.05, 0.1) is 0 Å². The Labute approximate surface area is 72.8 Å². The Morgan fingerprint density at radius 3 is 2.42 bits per heavy atom. The molecule has 66 valence electrons. The molecule has 0 bridgehead atoms. The summed E-state index contributed by atoms with van der Waals surface area (Å²) in [5, 5.41) is 0. The summed E-state index contributed by atoms with van der Waals surface area (Å²) in [5.41, 5.74) is 2.38. The molecule has 2 heteroatoms. The van der Waals surface area contributed by atoms with Crippen molar-refractivity contribution >= 4 is 0 Å². The molecule has 0 atom stereocenters. The summed E-state index contributed by atoms with van der Waals surface area (Å²) in [4.78, 5) is 11.2. The van der Waals surface area contributed by atoms with Gasteiger partial charge < -0.3 is 4.57 Å². The highest BCUT2D eigenvalue weighted by Gasteiger charge is 2.05. The van der Waals surface area contributed by atoms with E-state index >= 15 is 0 Å². The Balaban J connectivity index is 3.36. The Hall–Kier alpha value is -1.05. The maximum Gasteiger partial charge on any atom is 0.250 e. The van der Waals surface area contributed by atoms with Gasteiger partial charge in [-0.2, -0.15) is 0 Å². The molecule has 12 heavy (non-hydrogen) atoms. The Kier molecular flexibility index (Phi) is 2.36. The highest BCUT2D eigenvalue weighted by Crippen LogP contribution is 2.15. The van der Waals surface area contributed by atoms with E-state index < -0.39 is 0 Å². The van der Waals surface area contributed by atoms with Crippen LogP contribution in [0.2, 0.25) is 0 Å². The summed E-state index contributed by atoms with van der Waals surface area (Å²) in [5.74, 6) is 0.483. The highest BCUT2D eigenvalue weighted by atomic mass is 16.1. The van der Waals surface area contributed by atoms with Crippen LogP contribution in [0.15, 0.2) is 16.9 Å². The quantitative estimate of drug-likeness (QED) is 0.622. The van der Waals surface area contributed by atoms with Crippen LogP contribution in [0.5, 0.6) is 0 Å². The van der Waals surface area contributed by atoms with E-state index in [1.54, 1.807) is 10.6 Å². The molecule has 0 aliphatic heterocycles. The van der Waals surface area contributed by atoms with Crippen molar-refractivity contribution in [1.82, 2.24) is 4.57 Å². The van der Waals surface area contributed by atoms with E-state index in [4.69, 9.17) is 0 Å². The van der Waals surface area contributed by atoms with Crippen LogP contribution >= 0.6 is 0 Å². The Morgan fingerprint density at radius 2 is 1.92 bits per heavy atom. The van der Waals surface area contributed by atoms with Crippen molar-refractivity contribution < 1.29 is 0 Å². The molecular weight excluding hydrogens is 150 g/mol. The SMILES string of the molecule is Cc1c(C(C)C)ccc(=O)n1C. The topological polar surface area (TPSA) is 22.0 Å². The number of nitrogens with zero attached hydrogens (tertiary/aromatic N) is 1. The molecule has 0 aliphatic rings. The molecule has 0 N–H and O–H groups in total. The molecule has 0 saturated heterocycles. The van der Waals surface area contributed by atoms with Gasteiger partial charge in [0.1, 0.15) is 0 Å². The monoisotopic (exact) mass is 165 g/mol. The standard InChI is InChI=1S/C10H15NO/c1-7(2)9-5-6-10(12)11(4)8(9)3/h5-7H,1-4H3. The summed E-state index contributed by atoms with van der Waals surface area (Å²) in [6, 6.07) is 3.55. The molecule has 0 fully saturated rings. The number of hydrogen-bond donors (Lipinski definition) is 0. The van der Waals surface area contributed by atoms with E-state index in [0.29, 0.717) is 5.92 Å². The molecule has 1 heterocycles. The molecule has 0 aromatic carbocycles. The summed E-state index contributed by atoms with van der Waals surface area (Å²) >= 11 is 0. The van der Waals surface area contributed by atoms with Crippen LogP contribution in [0.1, 0.15) is 31.0 Å². The van der Waals surface area contributed by atoms with Crippen LogP contribution in [0, 0.1) is 6.92 Å². The van der Waals surface area contributed by atoms with Gasteiger partial charge in [0, 0.05) is 18.8 Å². The van der Waals surface area contributed by atoms with E-state index in [2.05, 4.69) is 13.8 Å². The second-order valence-electron chi connectivity index (χ2n) is 3.43. The van der Waals surface area contributed by atoms with Gasteiger partial charge in [-0.15, -0.1) is 0 Å². The molecule has 0 saturated carbocycles. The van der Waals surface area contributed by atoms with Crippen molar-refractivity contribution in [2.45, 2.75) is 26.7 Å². The lowest BCUT2D eigenvalue weighted by atomic mass is 10.0. The number of aromatic nitrogens is 1. The van der Waals surface area contributed by atoms with Crippen molar-refractivity contribution in [3.05, 3.63) is 33.7 Å². The zero-order valence-electron chi connectivity index (χ0n) is 8.09.